The summed E-state index contributed by atoms with van der Waals surface area (Å²) in [6, 6.07) is 0. The van der Waals surface area contributed by atoms with E-state index in [0.29, 0.717) is 0 Å². The predicted octanol–water partition coefficient (Wildman–Crippen LogP) is 3.78. The second-order valence-corrected chi connectivity index (χ2v) is 2.05. The molecular weight excluding hydrogens is 108 g/mol. The lowest BCUT2D eigenvalue weighted by Crippen LogP contribution is -1.59. The molecule has 0 aliphatic carbocycles. The van der Waals surface area contributed by atoms with Gasteiger partial charge in [0.2, 0.25) is 0 Å². The highest BCUT2D eigenvalue weighted by Crippen LogP contribution is 1.88. The number of hydrogen-bond donors (Lipinski definition) is 0. The number of unbranched alkanes of at least 4 members (excludes halogenated alkanes) is 2. The first-order chi connectivity index (χ1) is 4.33. The van der Waals surface area contributed by atoms with Crippen molar-refractivity contribution >= 4 is 0 Å². The van der Waals surface area contributed by atoms with Crippen molar-refractivity contribution in [3.05, 3.63) is 12.7 Å². The molecule has 0 aliphatic heterocycles. The van der Waals surface area contributed by atoms with Gasteiger partial charge in [-0.2, -0.15) is 0 Å². The maximum absolute atomic E-state index is 3.48. The van der Waals surface area contributed by atoms with Crippen molar-refractivity contribution < 1.29 is 0 Å². The second kappa shape index (κ2) is 15.6. The van der Waals surface area contributed by atoms with Gasteiger partial charge in [0.25, 0.3) is 0 Å². The number of rotatable bonds is 3. The summed E-state index contributed by atoms with van der Waals surface area (Å²) < 4.78 is 0. The molecule has 0 aromatic heterocycles. The molecule has 0 heterocycles. The summed E-state index contributed by atoms with van der Waals surface area (Å²) in [4.78, 5) is 0. The Bertz CT molecular complexity index is 35.3. The van der Waals surface area contributed by atoms with Crippen molar-refractivity contribution in [1.29, 1.82) is 0 Å². The summed E-state index contributed by atoms with van der Waals surface area (Å²) in [5.74, 6) is 0. The molecule has 0 saturated heterocycles. The van der Waals surface area contributed by atoms with Crippen LogP contribution in [0.4, 0.5) is 0 Å². The van der Waals surface area contributed by atoms with Gasteiger partial charge in [-0.1, -0.05) is 46.1 Å². The maximum atomic E-state index is 3.48. The minimum atomic E-state index is 1.08. The highest BCUT2D eigenvalue weighted by molar-refractivity contribution is 4.60. The molecule has 0 aliphatic rings. The van der Waals surface area contributed by atoms with Gasteiger partial charge in [0.05, 0.1) is 0 Å². The van der Waals surface area contributed by atoms with Crippen molar-refractivity contribution in [2.45, 2.75) is 46.5 Å². The number of hydrogen-bond acceptors (Lipinski definition) is 0. The molecule has 0 spiro atoms. The highest BCUT2D eigenvalue weighted by Gasteiger charge is 1.68. The van der Waals surface area contributed by atoms with Gasteiger partial charge >= 0.3 is 0 Å². The molecule has 0 bridgehead atoms. The van der Waals surface area contributed by atoms with E-state index in [1.54, 1.807) is 0 Å². The van der Waals surface area contributed by atoms with Crippen LogP contribution in [0.3, 0.4) is 0 Å². The van der Waals surface area contributed by atoms with Crippen LogP contribution in [0.2, 0.25) is 0 Å². The quantitative estimate of drug-likeness (QED) is 0.507. The highest BCUT2D eigenvalue weighted by atomic mass is 13.7. The molecule has 56 valence electrons. The van der Waals surface area contributed by atoms with Crippen LogP contribution >= 0.6 is 0 Å². The molecule has 0 N–H and O–H groups in total. The van der Waals surface area contributed by atoms with E-state index < -0.39 is 0 Å². The number of allylic oxidation sites excluding steroid dienone is 1. The Hall–Kier alpha value is -0.260. The van der Waals surface area contributed by atoms with E-state index in [0.717, 1.165) is 6.42 Å². The second-order valence-electron chi connectivity index (χ2n) is 2.05. The molecule has 0 radical (unpaired) electrons. The van der Waals surface area contributed by atoms with Crippen LogP contribution < -0.4 is 0 Å². The van der Waals surface area contributed by atoms with Crippen LogP contribution in [-0.2, 0) is 0 Å². The summed E-state index contributed by atoms with van der Waals surface area (Å²) in [7, 11) is 0. The lowest BCUT2D eigenvalue weighted by atomic mass is 10.3. The Morgan fingerprint density at radius 3 is 1.44 bits per heavy atom. The Labute approximate surface area is 60.0 Å². The van der Waals surface area contributed by atoms with Gasteiger partial charge in [-0.3, -0.25) is 0 Å². The first-order valence-electron chi connectivity index (χ1n) is 3.94. The fourth-order valence-electron chi connectivity index (χ4n) is 0.354. The molecule has 0 heteroatoms. The smallest absolute Gasteiger partial charge is 0.0382 e. The Balaban J connectivity index is 0. The van der Waals surface area contributed by atoms with Gasteiger partial charge in [-0.25, -0.2) is 0 Å². The van der Waals surface area contributed by atoms with Gasteiger partial charge in [0.15, 0.2) is 0 Å². The Kier molecular flexibility index (Phi) is 20.0. The van der Waals surface area contributed by atoms with E-state index in [2.05, 4.69) is 27.4 Å². The average Bonchev–Trinajstić information content (AvgIpc) is 1.91. The van der Waals surface area contributed by atoms with Crippen LogP contribution in [0, 0.1) is 0 Å². The summed E-state index contributed by atoms with van der Waals surface area (Å²) in [6.45, 7) is 9.97. The lowest BCUT2D eigenvalue weighted by molar-refractivity contribution is 0.772. The third-order valence-electron chi connectivity index (χ3n) is 0.996. The third kappa shape index (κ3) is 34.0. The van der Waals surface area contributed by atoms with Crippen molar-refractivity contribution in [3.8, 4) is 0 Å². The van der Waals surface area contributed by atoms with E-state index in [1.807, 2.05) is 6.08 Å². The molecule has 0 unspecified atom stereocenters. The van der Waals surface area contributed by atoms with Crippen molar-refractivity contribution in [1.82, 2.24) is 0 Å². The van der Waals surface area contributed by atoms with Gasteiger partial charge in [0.1, 0.15) is 0 Å². The van der Waals surface area contributed by atoms with E-state index in [-0.39, 0.29) is 0 Å². The first kappa shape index (κ1) is 11.5. The van der Waals surface area contributed by atoms with E-state index in [1.165, 1.54) is 19.3 Å². The average molecular weight is 128 g/mol. The van der Waals surface area contributed by atoms with E-state index >= 15 is 0 Å². The fraction of sp³-hybridized carbons (Fsp3) is 0.778. The van der Waals surface area contributed by atoms with Crippen LogP contribution in [0.1, 0.15) is 46.5 Å². The zero-order valence-corrected chi connectivity index (χ0v) is 7.11. The molecule has 0 saturated carbocycles. The SMILES string of the molecule is C=CCC.CCCCC. The minimum absolute atomic E-state index is 1.08. The summed E-state index contributed by atoms with van der Waals surface area (Å²) in [5.41, 5.74) is 0. The largest absolute Gasteiger partial charge is 0.103 e. The molecule has 0 fully saturated rings. The van der Waals surface area contributed by atoms with Crippen molar-refractivity contribution in [3.63, 3.8) is 0 Å². The lowest BCUT2D eigenvalue weighted by Gasteiger charge is -1.79. The Morgan fingerprint density at radius 2 is 1.44 bits per heavy atom. The zero-order chi connectivity index (χ0) is 7.54. The molecule has 0 aromatic carbocycles. The topological polar surface area (TPSA) is 0 Å². The normalized spacial score (nSPS) is 7.44. The summed E-state index contributed by atoms with van der Waals surface area (Å²) in [6.07, 6.45) is 7.03. The summed E-state index contributed by atoms with van der Waals surface area (Å²) >= 11 is 0. The Morgan fingerprint density at radius 1 is 1.11 bits per heavy atom. The monoisotopic (exact) mass is 128 g/mol. The fourth-order valence-corrected chi connectivity index (χ4v) is 0.354. The molecule has 0 amide bonds. The zero-order valence-electron chi connectivity index (χ0n) is 7.11. The van der Waals surface area contributed by atoms with Crippen molar-refractivity contribution in [2.75, 3.05) is 0 Å². The summed E-state index contributed by atoms with van der Waals surface area (Å²) in [5, 5.41) is 0. The predicted molar refractivity (Wildman–Crippen MR) is 45.7 cm³/mol. The maximum Gasteiger partial charge on any atom is -0.0382 e. The van der Waals surface area contributed by atoms with Crippen LogP contribution in [0.25, 0.3) is 0 Å². The van der Waals surface area contributed by atoms with Crippen molar-refractivity contribution in [2.24, 2.45) is 0 Å². The molecule has 0 rings (SSSR count). The van der Waals surface area contributed by atoms with Crippen LogP contribution in [-0.4, -0.2) is 0 Å². The minimum Gasteiger partial charge on any atom is -0.103 e. The molecule has 0 aromatic rings. The van der Waals surface area contributed by atoms with Gasteiger partial charge in [-0.15, -0.1) is 6.58 Å². The van der Waals surface area contributed by atoms with Crippen LogP contribution in [0.5, 0.6) is 0 Å². The molecular formula is C9H20. The van der Waals surface area contributed by atoms with E-state index in [4.69, 9.17) is 0 Å². The van der Waals surface area contributed by atoms with Gasteiger partial charge < -0.3 is 0 Å². The third-order valence-corrected chi connectivity index (χ3v) is 0.996. The standard InChI is InChI=1S/C5H12.C4H8/c1-3-5-4-2;1-3-4-2/h3-5H2,1-2H3;3H,1,4H2,2H3. The first-order valence-corrected chi connectivity index (χ1v) is 3.94. The molecule has 0 nitrogen and oxygen atoms in total. The van der Waals surface area contributed by atoms with Gasteiger partial charge in [-0.05, 0) is 6.42 Å². The van der Waals surface area contributed by atoms with E-state index in [9.17, 15) is 0 Å². The van der Waals surface area contributed by atoms with Gasteiger partial charge in [0, 0.05) is 0 Å². The van der Waals surface area contributed by atoms with Crippen LogP contribution in [0.15, 0.2) is 12.7 Å². The molecule has 0 atom stereocenters. The molecule has 9 heavy (non-hydrogen) atoms.